The van der Waals surface area contributed by atoms with Crippen LogP contribution in [0, 0.1) is 0 Å². The Kier molecular flexibility index (Phi) is 5.64. The highest BCUT2D eigenvalue weighted by molar-refractivity contribution is 5.30. The Morgan fingerprint density at radius 1 is 1.30 bits per heavy atom. The summed E-state index contributed by atoms with van der Waals surface area (Å²) in [5.41, 5.74) is 0.971. The first-order valence-corrected chi connectivity index (χ1v) is 6.90. The van der Waals surface area contributed by atoms with Crippen molar-refractivity contribution in [3.8, 4) is 5.69 Å². The van der Waals surface area contributed by atoms with Crippen molar-refractivity contribution in [3.05, 3.63) is 36.2 Å². The van der Waals surface area contributed by atoms with Crippen LogP contribution in [0.25, 0.3) is 5.69 Å². The van der Waals surface area contributed by atoms with Crippen LogP contribution < -0.4 is 5.32 Å². The molecule has 1 aromatic carbocycles. The third-order valence-electron chi connectivity index (χ3n) is 3.01. The van der Waals surface area contributed by atoms with Crippen molar-refractivity contribution in [3.63, 3.8) is 0 Å². The molecule has 1 atom stereocenters. The molecule has 0 aliphatic carbocycles. The minimum Gasteiger partial charge on any atom is -0.383 e. The van der Waals surface area contributed by atoms with Crippen molar-refractivity contribution in [1.29, 1.82) is 0 Å². The minimum atomic E-state index is 0.216. The average Bonchev–Trinajstić information content (AvgIpc) is 2.94. The van der Waals surface area contributed by atoms with Crippen molar-refractivity contribution < 1.29 is 4.74 Å². The topological polar surface area (TPSA) is 64.9 Å². The monoisotopic (exact) mass is 275 g/mol. The summed E-state index contributed by atoms with van der Waals surface area (Å²) in [6.07, 6.45) is 1.82. The molecule has 108 valence electrons. The Balaban J connectivity index is 2.10. The Hall–Kier alpha value is -1.79. The van der Waals surface area contributed by atoms with Gasteiger partial charge in [-0.2, -0.15) is 4.68 Å². The van der Waals surface area contributed by atoms with Gasteiger partial charge >= 0.3 is 0 Å². The lowest BCUT2D eigenvalue weighted by molar-refractivity contribution is 0.165. The van der Waals surface area contributed by atoms with Gasteiger partial charge in [0.05, 0.1) is 12.3 Å². The van der Waals surface area contributed by atoms with Gasteiger partial charge < -0.3 is 10.1 Å². The summed E-state index contributed by atoms with van der Waals surface area (Å²) in [4.78, 5) is 0. The second kappa shape index (κ2) is 7.72. The standard InChI is InChI=1S/C14H21N5O/c1-3-9-15-12(11-20-2)10-14-16-17-18-19(14)13-7-5-4-6-8-13/h4-8,12,15H,3,9-11H2,1-2H3. The molecule has 6 nitrogen and oxygen atoms in total. The fourth-order valence-corrected chi connectivity index (χ4v) is 2.06. The number of benzene rings is 1. The summed E-state index contributed by atoms with van der Waals surface area (Å²) in [6.45, 7) is 3.74. The molecular weight excluding hydrogens is 254 g/mol. The van der Waals surface area contributed by atoms with E-state index >= 15 is 0 Å². The molecule has 0 aliphatic rings. The van der Waals surface area contributed by atoms with Crippen LogP contribution in [0.3, 0.4) is 0 Å². The number of tetrazole rings is 1. The summed E-state index contributed by atoms with van der Waals surface area (Å²) in [7, 11) is 1.71. The highest BCUT2D eigenvalue weighted by atomic mass is 16.5. The van der Waals surface area contributed by atoms with Gasteiger partial charge in [-0.1, -0.05) is 25.1 Å². The number of para-hydroxylation sites is 1. The third-order valence-corrected chi connectivity index (χ3v) is 3.01. The predicted molar refractivity (Wildman–Crippen MR) is 76.8 cm³/mol. The molecule has 1 N–H and O–H groups in total. The molecular formula is C14H21N5O. The third kappa shape index (κ3) is 3.85. The van der Waals surface area contributed by atoms with E-state index in [2.05, 4.69) is 27.8 Å². The summed E-state index contributed by atoms with van der Waals surface area (Å²) in [6, 6.07) is 10.1. The molecule has 2 rings (SSSR count). The van der Waals surface area contributed by atoms with Gasteiger partial charge in [-0.25, -0.2) is 0 Å². The van der Waals surface area contributed by atoms with E-state index in [1.807, 2.05) is 30.3 Å². The van der Waals surface area contributed by atoms with Crippen LogP contribution >= 0.6 is 0 Å². The summed E-state index contributed by atoms with van der Waals surface area (Å²) in [5.74, 6) is 0.835. The number of nitrogens with one attached hydrogen (secondary N) is 1. The molecule has 0 aliphatic heterocycles. The second-order valence-electron chi connectivity index (χ2n) is 4.65. The first-order chi connectivity index (χ1) is 9.85. The highest BCUT2D eigenvalue weighted by Gasteiger charge is 2.15. The number of methoxy groups -OCH3 is 1. The van der Waals surface area contributed by atoms with E-state index in [9.17, 15) is 0 Å². The lowest BCUT2D eigenvalue weighted by Crippen LogP contribution is -2.36. The van der Waals surface area contributed by atoms with Gasteiger partial charge in [0.1, 0.15) is 0 Å². The Labute approximate surface area is 119 Å². The number of rotatable bonds is 8. The molecule has 20 heavy (non-hydrogen) atoms. The Bertz CT molecular complexity index is 499. The van der Waals surface area contributed by atoms with Gasteiger partial charge in [0, 0.05) is 19.6 Å². The number of nitrogens with zero attached hydrogens (tertiary/aromatic N) is 4. The molecule has 1 heterocycles. The maximum Gasteiger partial charge on any atom is 0.158 e. The van der Waals surface area contributed by atoms with Crippen molar-refractivity contribution in [2.24, 2.45) is 0 Å². The average molecular weight is 275 g/mol. The summed E-state index contributed by atoms with van der Waals surface area (Å²) in [5, 5.41) is 15.4. The number of ether oxygens (including phenoxy) is 1. The van der Waals surface area contributed by atoms with Crippen molar-refractivity contribution >= 4 is 0 Å². The van der Waals surface area contributed by atoms with Gasteiger partial charge in [-0.05, 0) is 35.5 Å². The van der Waals surface area contributed by atoms with Gasteiger partial charge in [-0.15, -0.1) is 5.10 Å². The number of aromatic nitrogens is 4. The van der Waals surface area contributed by atoms with Crippen molar-refractivity contribution in [2.45, 2.75) is 25.8 Å². The molecule has 0 radical (unpaired) electrons. The lowest BCUT2D eigenvalue weighted by Gasteiger charge is -2.17. The highest BCUT2D eigenvalue weighted by Crippen LogP contribution is 2.08. The van der Waals surface area contributed by atoms with Crippen LogP contribution in [0.15, 0.2) is 30.3 Å². The van der Waals surface area contributed by atoms with Gasteiger partial charge in [0.15, 0.2) is 5.82 Å². The number of hydrogen-bond donors (Lipinski definition) is 1. The molecule has 0 saturated carbocycles. The molecule has 0 saturated heterocycles. The molecule has 1 unspecified atom stereocenters. The van der Waals surface area contributed by atoms with E-state index in [1.165, 1.54) is 0 Å². The predicted octanol–water partition coefficient (Wildman–Crippen LogP) is 1.22. The van der Waals surface area contributed by atoms with Crippen LogP contribution in [0.2, 0.25) is 0 Å². The minimum absolute atomic E-state index is 0.216. The van der Waals surface area contributed by atoms with Gasteiger partial charge in [0.25, 0.3) is 0 Å². The normalized spacial score (nSPS) is 12.5. The quantitative estimate of drug-likeness (QED) is 0.784. The molecule has 0 fully saturated rings. The lowest BCUT2D eigenvalue weighted by atomic mass is 10.2. The van der Waals surface area contributed by atoms with E-state index in [0.717, 1.165) is 30.9 Å². The Morgan fingerprint density at radius 3 is 2.80 bits per heavy atom. The maximum atomic E-state index is 5.26. The summed E-state index contributed by atoms with van der Waals surface area (Å²) < 4.78 is 7.03. The maximum absolute atomic E-state index is 5.26. The van der Waals surface area contributed by atoms with Crippen LogP contribution in [-0.2, 0) is 11.2 Å². The molecule has 0 amide bonds. The molecule has 1 aromatic heterocycles. The Morgan fingerprint density at radius 2 is 2.10 bits per heavy atom. The van der Waals surface area contributed by atoms with Crippen molar-refractivity contribution in [1.82, 2.24) is 25.5 Å². The van der Waals surface area contributed by atoms with Crippen molar-refractivity contribution in [2.75, 3.05) is 20.3 Å². The second-order valence-corrected chi connectivity index (χ2v) is 4.65. The largest absolute Gasteiger partial charge is 0.383 e. The van der Waals surface area contributed by atoms with E-state index < -0.39 is 0 Å². The SMILES string of the molecule is CCCNC(COC)Cc1nnnn1-c1ccccc1. The first-order valence-electron chi connectivity index (χ1n) is 6.90. The van der Waals surface area contributed by atoms with Crippen LogP contribution in [-0.4, -0.2) is 46.5 Å². The van der Waals surface area contributed by atoms with Crippen LogP contribution in [0.5, 0.6) is 0 Å². The van der Waals surface area contributed by atoms with Crippen LogP contribution in [0.1, 0.15) is 19.2 Å². The zero-order valence-corrected chi connectivity index (χ0v) is 12.0. The van der Waals surface area contributed by atoms with Gasteiger partial charge in [0.2, 0.25) is 0 Å². The smallest absolute Gasteiger partial charge is 0.158 e. The fourth-order valence-electron chi connectivity index (χ4n) is 2.06. The first kappa shape index (κ1) is 14.6. The molecule has 0 spiro atoms. The zero-order chi connectivity index (χ0) is 14.2. The zero-order valence-electron chi connectivity index (χ0n) is 12.0. The molecule has 0 bridgehead atoms. The van der Waals surface area contributed by atoms with E-state index in [0.29, 0.717) is 6.61 Å². The van der Waals surface area contributed by atoms with Crippen LogP contribution in [0.4, 0.5) is 0 Å². The number of hydrogen-bond acceptors (Lipinski definition) is 5. The van der Waals surface area contributed by atoms with Gasteiger partial charge in [-0.3, -0.25) is 0 Å². The fraction of sp³-hybridized carbons (Fsp3) is 0.500. The van der Waals surface area contributed by atoms with E-state index in [-0.39, 0.29) is 6.04 Å². The van der Waals surface area contributed by atoms with E-state index in [1.54, 1.807) is 11.8 Å². The summed E-state index contributed by atoms with van der Waals surface area (Å²) >= 11 is 0. The molecule has 6 heteroatoms. The van der Waals surface area contributed by atoms with E-state index in [4.69, 9.17) is 4.74 Å². The molecule has 2 aromatic rings.